The molecule has 0 radical (unpaired) electrons. The fourth-order valence-electron chi connectivity index (χ4n) is 0. The molecule has 4 heteroatoms. The summed E-state index contributed by atoms with van der Waals surface area (Å²) in [5, 5.41) is 0. The third kappa shape index (κ3) is 4100. The van der Waals surface area contributed by atoms with Crippen molar-refractivity contribution < 1.29 is 14.4 Å². The second kappa shape index (κ2) is 12.3. The van der Waals surface area contributed by atoms with E-state index in [2.05, 4.69) is 13.2 Å². The summed E-state index contributed by atoms with van der Waals surface area (Å²) in [6, 6.07) is 0. The summed E-state index contributed by atoms with van der Waals surface area (Å²) in [7, 11) is -3.64. The number of hydrogen-bond acceptors (Lipinski definition) is 1. The van der Waals surface area contributed by atoms with Crippen LogP contribution in [0.4, 0.5) is 0 Å². The summed E-state index contributed by atoms with van der Waals surface area (Å²) < 4.78 is 9.33. The molecule has 0 aliphatic heterocycles. The lowest BCUT2D eigenvalue weighted by Crippen LogP contribution is -1.64. The summed E-state index contributed by atoms with van der Waals surface area (Å²) in [6.07, 6.45) is 3.50. The molecule has 0 saturated heterocycles. The Morgan fingerprint density at radius 3 is 1.18 bits per heavy atom. The average molecular weight is 180 g/mol. The summed E-state index contributed by atoms with van der Waals surface area (Å²) in [4.78, 5) is 15.3. The molecule has 0 bridgehead atoms. The Balaban J connectivity index is -0.0000000933. The van der Waals surface area contributed by atoms with Gasteiger partial charge in [-0.05, 0) is 13.8 Å². The van der Waals surface area contributed by atoms with Crippen LogP contribution in [-0.4, -0.2) is 16.5 Å². The molecule has 0 heterocycles. The van der Waals surface area contributed by atoms with Crippen LogP contribution in [0.2, 0.25) is 0 Å². The Morgan fingerprint density at radius 2 is 1.18 bits per heavy atom. The molecule has 0 aliphatic rings. The van der Waals surface area contributed by atoms with Crippen molar-refractivity contribution in [1.82, 2.24) is 0 Å². The molecule has 0 aromatic carbocycles. The van der Waals surface area contributed by atoms with E-state index in [0.29, 0.717) is 0 Å². The first-order chi connectivity index (χ1) is 4.83. The third-order valence-electron chi connectivity index (χ3n) is 0. The van der Waals surface area contributed by atoms with Gasteiger partial charge in [0.15, 0.2) is 0 Å². The first kappa shape index (κ1) is 16.9. The molecule has 0 saturated carbocycles. The van der Waals surface area contributed by atoms with E-state index >= 15 is 0 Å². The highest BCUT2D eigenvalue weighted by atomic mass is 31.2. The van der Waals surface area contributed by atoms with Crippen molar-refractivity contribution in [3.05, 3.63) is 25.3 Å². The first-order valence-corrected chi connectivity index (χ1v) is 5.06. The van der Waals surface area contributed by atoms with Crippen LogP contribution in [0.3, 0.4) is 0 Å². The quantitative estimate of drug-likeness (QED) is 0.443. The molecule has 0 aromatic heterocycles. The fraction of sp³-hybridized carbons (Fsp3) is 0.429. The second-order valence-electron chi connectivity index (χ2n) is 1.65. The van der Waals surface area contributed by atoms with Gasteiger partial charge >= 0.3 is 7.60 Å². The van der Waals surface area contributed by atoms with Crippen LogP contribution in [0.15, 0.2) is 25.3 Å². The van der Waals surface area contributed by atoms with Gasteiger partial charge in [-0.3, -0.25) is 4.57 Å². The number of allylic oxidation sites excluding steroid dienone is 2. The summed E-state index contributed by atoms with van der Waals surface area (Å²) in [5.41, 5.74) is 0. The van der Waals surface area contributed by atoms with Gasteiger partial charge in [0.1, 0.15) is 0 Å². The highest BCUT2D eigenvalue weighted by Gasteiger charge is 1.95. The Bertz CT molecular complexity index is 111. The maximum atomic E-state index is 9.33. The highest BCUT2D eigenvalue weighted by Crippen LogP contribution is 2.26. The number of hydrogen-bond donors (Lipinski definition) is 2. The average Bonchev–Trinajstić information content (AvgIpc) is 1.62. The molecule has 0 spiro atoms. The molecule has 0 amide bonds. The molecule has 3 nitrogen and oxygen atoms in total. The van der Waals surface area contributed by atoms with E-state index in [9.17, 15) is 4.57 Å². The van der Waals surface area contributed by atoms with Gasteiger partial charge in [-0.2, -0.15) is 0 Å². The SMILES string of the molecule is C=CC.C=CC.CP(=O)(O)O. The minimum Gasteiger partial charge on any atom is -0.325 e. The Morgan fingerprint density at radius 1 is 1.18 bits per heavy atom. The van der Waals surface area contributed by atoms with Crippen LogP contribution >= 0.6 is 7.60 Å². The lowest BCUT2D eigenvalue weighted by atomic mass is 10.8. The van der Waals surface area contributed by atoms with E-state index in [1.54, 1.807) is 12.2 Å². The van der Waals surface area contributed by atoms with E-state index in [1.807, 2.05) is 13.8 Å². The van der Waals surface area contributed by atoms with E-state index in [1.165, 1.54) is 0 Å². The van der Waals surface area contributed by atoms with Crippen LogP contribution < -0.4 is 0 Å². The standard InChI is InChI=1S/2C3H6.CH5O3P/c2*1-3-2;1-5(2,3)4/h2*3H,1H2,2H3;1H3,(H2,2,3,4). The van der Waals surface area contributed by atoms with E-state index in [-0.39, 0.29) is 0 Å². The van der Waals surface area contributed by atoms with Gasteiger partial charge in [0.05, 0.1) is 0 Å². The molecular formula is C7H17O3P. The lowest BCUT2D eigenvalue weighted by Gasteiger charge is -1.84. The minimum absolute atomic E-state index is 0.854. The molecular weight excluding hydrogens is 163 g/mol. The van der Waals surface area contributed by atoms with Crippen LogP contribution in [0.25, 0.3) is 0 Å². The topological polar surface area (TPSA) is 57.5 Å². The Labute approximate surface area is 68.6 Å². The summed E-state index contributed by atoms with van der Waals surface area (Å²) in [5.74, 6) is 0. The minimum atomic E-state index is -3.64. The number of rotatable bonds is 0. The van der Waals surface area contributed by atoms with Crippen molar-refractivity contribution >= 4 is 7.60 Å². The highest BCUT2D eigenvalue weighted by molar-refractivity contribution is 7.50. The molecule has 68 valence electrons. The maximum absolute atomic E-state index is 9.33. The van der Waals surface area contributed by atoms with Gasteiger partial charge in [-0.15, -0.1) is 13.2 Å². The lowest BCUT2D eigenvalue weighted by molar-refractivity contribution is 0.381. The smallest absolute Gasteiger partial charge is 0.322 e. The van der Waals surface area contributed by atoms with Gasteiger partial charge in [-0.25, -0.2) is 0 Å². The predicted octanol–water partition coefficient (Wildman–Crippen LogP) is 2.18. The third-order valence-corrected chi connectivity index (χ3v) is 0. The molecule has 0 rings (SSSR count). The molecule has 2 N–H and O–H groups in total. The van der Waals surface area contributed by atoms with Gasteiger partial charge in [0, 0.05) is 6.66 Å². The van der Waals surface area contributed by atoms with Crippen LogP contribution in [0.1, 0.15) is 13.8 Å². The van der Waals surface area contributed by atoms with Gasteiger partial charge in [0.25, 0.3) is 0 Å². The summed E-state index contributed by atoms with van der Waals surface area (Å²) in [6.45, 7) is 11.4. The predicted molar refractivity (Wildman–Crippen MR) is 49.7 cm³/mol. The molecule has 11 heavy (non-hydrogen) atoms. The summed E-state index contributed by atoms with van der Waals surface area (Å²) >= 11 is 0. The fourth-order valence-corrected chi connectivity index (χ4v) is 0. The second-order valence-corrected chi connectivity index (χ2v) is 3.32. The van der Waals surface area contributed by atoms with Crippen molar-refractivity contribution in [2.75, 3.05) is 6.66 Å². The Kier molecular flexibility index (Phi) is 19.0. The van der Waals surface area contributed by atoms with Crippen molar-refractivity contribution in [3.8, 4) is 0 Å². The van der Waals surface area contributed by atoms with Gasteiger partial charge in [0.2, 0.25) is 0 Å². The van der Waals surface area contributed by atoms with Crippen molar-refractivity contribution in [2.24, 2.45) is 0 Å². The molecule has 0 fully saturated rings. The Hall–Kier alpha value is -0.370. The maximum Gasteiger partial charge on any atom is 0.322 e. The van der Waals surface area contributed by atoms with Crippen molar-refractivity contribution in [3.63, 3.8) is 0 Å². The monoisotopic (exact) mass is 180 g/mol. The zero-order valence-electron chi connectivity index (χ0n) is 7.32. The molecule has 0 aliphatic carbocycles. The molecule has 0 unspecified atom stereocenters. The molecule has 0 atom stereocenters. The van der Waals surface area contributed by atoms with E-state index < -0.39 is 7.60 Å². The normalized spacial score (nSPS) is 7.73. The zero-order chi connectivity index (χ0) is 9.91. The van der Waals surface area contributed by atoms with E-state index in [4.69, 9.17) is 9.79 Å². The van der Waals surface area contributed by atoms with Crippen molar-refractivity contribution in [1.29, 1.82) is 0 Å². The van der Waals surface area contributed by atoms with Crippen LogP contribution in [0.5, 0.6) is 0 Å². The van der Waals surface area contributed by atoms with E-state index in [0.717, 1.165) is 6.66 Å². The molecule has 0 aromatic rings. The van der Waals surface area contributed by atoms with Gasteiger partial charge in [-0.1, -0.05) is 12.2 Å². The van der Waals surface area contributed by atoms with Gasteiger partial charge < -0.3 is 9.79 Å². The zero-order valence-corrected chi connectivity index (χ0v) is 8.21. The van der Waals surface area contributed by atoms with Crippen LogP contribution in [-0.2, 0) is 4.57 Å². The van der Waals surface area contributed by atoms with Crippen LogP contribution in [0, 0.1) is 0 Å². The largest absolute Gasteiger partial charge is 0.325 e. The van der Waals surface area contributed by atoms with Crippen molar-refractivity contribution in [2.45, 2.75) is 13.8 Å². The first-order valence-electron chi connectivity index (χ1n) is 3.00.